The number of nitrogens with zero attached hydrogens (tertiary/aromatic N) is 3. The highest BCUT2D eigenvalue weighted by Gasteiger charge is 2.11. The topological polar surface area (TPSA) is 38.7 Å². The van der Waals surface area contributed by atoms with Crippen LogP contribution in [0.15, 0.2) is 24.4 Å². The van der Waals surface area contributed by atoms with Crippen LogP contribution in [0, 0.1) is 0 Å². The molecule has 2 rings (SSSR count). The summed E-state index contributed by atoms with van der Waals surface area (Å²) in [5.74, 6) is 0.486. The normalized spacial score (nSPS) is 11.9. The highest BCUT2D eigenvalue weighted by molar-refractivity contribution is 7.14. The van der Waals surface area contributed by atoms with Crippen molar-refractivity contribution in [1.82, 2.24) is 15.2 Å². The number of aromatic nitrogens is 3. The third-order valence-electron chi connectivity index (χ3n) is 2.36. The van der Waals surface area contributed by atoms with E-state index < -0.39 is 0 Å². The quantitative estimate of drug-likeness (QED) is 0.813. The van der Waals surface area contributed by atoms with Crippen LogP contribution in [0.5, 0.6) is 0 Å². The van der Waals surface area contributed by atoms with Gasteiger partial charge in [0.05, 0.1) is 0 Å². The number of rotatable bonds is 3. The molecule has 0 aliphatic rings. The lowest BCUT2D eigenvalue weighted by Crippen LogP contribution is -1.88. The summed E-state index contributed by atoms with van der Waals surface area (Å²) in [4.78, 5) is 4.26. The predicted molar refractivity (Wildman–Crippen MR) is 68.6 cm³/mol. The second kappa shape index (κ2) is 5.70. The lowest BCUT2D eigenvalue weighted by atomic mass is 10.1. The highest BCUT2D eigenvalue weighted by Crippen LogP contribution is 2.27. The third kappa shape index (κ3) is 2.64. The second-order valence-corrected chi connectivity index (χ2v) is 4.48. The minimum Gasteiger partial charge on any atom is -0.254 e. The van der Waals surface area contributed by atoms with Gasteiger partial charge in [0.2, 0.25) is 0 Å². The first-order chi connectivity index (χ1) is 7.31. The molecule has 1 unspecified atom stereocenters. The van der Waals surface area contributed by atoms with Crippen molar-refractivity contribution >= 4 is 11.3 Å². The minimum absolute atomic E-state index is 0. The molecule has 0 fully saturated rings. The fourth-order valence-corrected chi connectivity index (χ4v) is 2.16. The predicted octanol–water partition coefficient (Wildman–Crippen LogP) is 3.75. The smallest absolute Gasteiger partial charge is 0.166 e. The Bertz CT molecular complexity index is 425. The average molecular weight is 235 g/mol. The summed E-state index contributed by atoms with van der Waals surface area (Å²) >= 11 is 1.63. The molecule has 0 aromatic carbocycles. The molecule has 0 bridgehead atoms. The van der Waals surface area contributed by atoms with Crippen molar-refractivity contribution in [1.29, 1.82) is 0 Å². The Hall–Kier alpha value is -1.29. The first-order valence-corrected chi connectivity index (χ1v) is 5.87. The van der Waals surface area contributed by atoms with Crippen LogP contribution < -0.4 is 0 Å². The van der Waals surface area contributed by atoms with Gasteiger partial charge in [0.15, 0.2) is 5.01 Å². The minimum atomic E-state index is 0. The van der Waals surface area contributed by atoms with Gasteiger partial charge in [0, 0.05) is 12.1 Å². The molecule has 16 heavy (non-hydrogen) atoms. The number of hydrogen-bond acceptors (Lipinski definition) is 4. The molecule has 0 amide bonds. The van der Waals surface area contributed by atoms with E-state index in [4.69, 9.17) is 0 Å². The molecule has 0 saturated carbocycles. The van der Waals surface area contributed by atoms with Crippen molar-refractivity contribution in [2.75, 3.05) is 0 Å². The molecule has 0 aliphatic carbocycles. The van der Waals surface area contributed by atoms with Crippen LogP contribution in [-0.4, -0.2) is 15.2 Å². The lowest BCUT2D eigenvalue weighted by molar-refractivity contribution is 0.715. The van der Waals surface area contributed by atoms with Gasteiger partial charge in [-0.2, -0.15) is 0 Å². The van der Waals surface area contributed by atoms with Crippen molar-refractivity contribution in [3.63, 3.8) is 0 Å². The molecular weight excluding hydrogens is 218 g/mol. The Labute approximate surface area is 101 Å². The molecule has 0 spiro atoms. The van der Waals surface area contributed by atoms with Crippen molar-refractivity contribution in [2.45, 2.75) is 33.6 Å². The van der Waals surface area contributed by atoms with E-state index in [0.717, 1.165) is 22.1 Å². The Balaban J connectivity index is 0.00000128. The van der Waals surface area contributed by atoms with E-state index in [9.17, 15) is 0 Å². The van der Waals surface area contributed by atoms with Gasteiger partial charge in [0.25, 0.3) is 0 Å². The van der Waals surface area contributed by atoms with Gasteiger partial charge in [0.1, 0.15) is 10.7 Å². The maximum atomic E-state index is 4.26. The molecule has 0 N–H and O–H groups in total. The summed E-state index contributed by atoms with van der Waals surface area (Å²) < 4.78 is 0. The van der Waals surface area contributed by atoms with Crippen LogP contribution in [0.4, 0.5) is 0 Å². The molecule has 86 valence electrons. The molecule has 0 saturated heterocycles. The molecule has 0 radical (unpaired) electrons. The van der Waals surface area contributed by atoms with Gasteiger partial charge < -0.3 is 0 Å². The molecule has 1 atom stereocenters. The van der Waals surface area contributed by atoms with Crippen molar-refractivity contribution in [3.05, 3.63) is 29.4 Å². The van der Waals surface area contributed by atoms with Gasteiger partial charge in [-0.3, -0.25) is 4.98 Å². The van der Waals surface area contributed by atoms with Crippen LogP contribution in [0.1, 0.15) is 38.6 Å². The Kier molecular flexibility index (Phi) is 4.55. The van der Waals surface area contributed by atoms with Crippen LogP contribution in [-0.2, 0) is 0 Å². The average Bonchev–Trinajstić information content (AvgIpc) is 2.78. The molecule has 2 aromatic heterocycles. The zero-order valence-corrected chi connectivity index (χ0v) is 9.66. The van der Waals surface area contributed by atoms with Gasteiger partial charge >= 0.3 is 0 Å². The Morgan fingerprint density at radius 3 is 2.75 bits per heavy atom. The number of pyridine rings is 1. The standard InChI is InChI=1S/C11H13N3S.CH4/c1-3-8(2)10-13-14-11(15-10)9-6-4-5-7-12-9;/h4-8H,3H2,1-2H3;1H4. The van der Waals surface area contributed by atoms with Gasteiger partial charge in [-0.25, -0.2) is 0 Å². The van der Waals surface area contributed by atoms with Crippen LogP contribution in [0.2, 0.25) is 0 Å². The van der Waals surface area contributed by atoms with Crippen molar-refractivity contribution < 1.29 is 0 Å². The monoisotopic (exact) mass is 235 g/mol. The maximum Gasteiger partial charge on any atom is 0.166 e. The molecule has 4 heteroatoms. The maximum absolute atomic E-state index is 4.26. The van der Waals surface area contributed by atoms with E-state index in [1.165, 1.54) is 0 Å². The summed E-state index contributed by atoms with van der Waals surface area (Å²) in [6.07, 6.45) is 2.87. The van der Waals surface area contributed by atoms with Crippen molar-refractivity contribution in [3.8, 4) is 10.7 Å². The highest BCUT2D eigenvalue weighted by atomic mass is 32.1. The zero-order valence-electron chi connectivity index (χ0n) is 8.84. The molecule has 2 heterocycles. The Morgan fingerprint density at radius 2 is 2.12 bits per heavy atom. The van der Waals surface area contributed by atoms with Gasteiger partial charge in [-0.1, -0.05) is 38.7 Å². The first kappa shape index (κ1) is 12.8. The SMILES string of the molecule is C.CCC(C)c1nnc(-c2ccccn2)s1. The summed E-state index contributed by atoms with van der Waals surface area (Å²) in [6.45, 7) is 4.33. The third-order valence-corrected chi connectivity index (χ3v) is 3.54. The molecular formula is C12H17N3S. The molecule has 0 aliphatic heterocycles. The molecule has 2 aromatic rings. The molecule has 3 nitrogen and oxygen atoms in total. The second-order valence-electron chi connectivity index (χ2n) is 3.47. The largest absolute Gasteiger partial charge is 0.254 e. The summed E-state index contributed by atoms with van der Waals surface area (Å²) in [7, 11) is 0. The van der Waals surface area contributed by atoms with Crippen LogP contribution >= 0.6 is 11.3 Å². The van der Waals surface area contributed by atoms with E-state index in [2.05, 4.69) is 29.0 Å². The van der Waals surface area contributed by atoms with Crippen LogP contribution in [0.3, 0.4) is 0 Å². The van der Waals surface area contributed by atoms with Gasteiger partial charge in [-0.05, 0) is 18.6 Å². The lowest BCUT2D eigenvalue weighted by Gasteiger charge is -1.99. The van der Waals surface area contributed by atoms with E-state index in [0.29, 0.717) is 5.92 Å². The summed E-state index contributed by atoms with van der Waals surface area (Å²) in [5.41, 5.74) is 0.907. The fraction of sp³-hybridized carbons (Fsp3) is 0.417. The van der Waals surface area contributed by atoms with E-state index in [1.807, 2.05) is 18.2 Å². The van der Waals surface area contributed by atoms with E-state index in [1.54, 1.807) is 17.5 Å². The zero-order chi connectivity index (χ0) is 10.7. The Morgan fingerprint density at radius 1 is 1.31 bits per heavy atom. The number of hydrogen-bond donors (Lipinski definition) is 0. The fourth-order valence-electron chi connectivity index (χ4n) is 1.20. The van der Waals surface area contributed by atoms with Crippen molar-refractivity contribution in [2.24, 2.45) is 0 Å². The van der Waals surface area contributed by atoms with Crippen LogP contribution in [0.25, 0.3) is 10.7 Å². The van der Waals surface area contributed by atoms with Gasteiger partial charge in [-0.15, -0.1) is 10.2 Å². The summed E-state index contributed by atoms with van der Waals surface area (Å²) in [6, 6.07) is 5.83. The van der Waals surface area contributed by atoms with E-state index in [-0.39, 0.29) is 7.43 Å². The first-order valence-electron chi connectivity index (χ1n) is 5.06. The van der Waals surface area contributed by atoms with E-state index >= 15 is 0 Å². The summed E-state index contributed by atoms with van der Waals surface area (Å²) in [5, 5.41) is 10.4.